The van der Waals surface area contributed by atoms with Crippen molar-refractivity contribution in [3.8, 4) is 0 Å². The van der Waals surface area contributed by atoms with Gasteiger partial charge >= 0.3 is 5.97 Å². The molecule has 3 N–H and O–H groups in total. The number of imidazole rings is 1. The number of aryl methyl sites for hydroxylation is 1. The van der Waals surface area contributed by atoms with Gasteiger partial charge in [-0.1, -0.05) is 19.8 Å². The summed E-state index contributed by atoms with van der Waals surface area (Å²) < 4.78 is 2.04. The third kappa shape index (κ3) is 5.87. The second kappa shape index (κ2) is 8.69. The summed E-state index contributed by atoms with van der Waals surface area (Å²) in [5, 5.41) is 9.22. The lowest BCUT2D eigenvalue weighted by atomic mass is 9.97. The van der Waals surface area contributed by atoms with Crippen LogP contribution in [0, 0.1) is 5.92 Å². The first kappa shape index (κ1) is 15.7. The van der Waals surface area contributed by atoms with E-state index in [4.69, 9.17) is 5.73 Å². The fourth-order valence-electron chi connectivity index (χ4n) is 2.08. The summed E-state index contributed by atoms with van der Waals surface area (Å²) in [6.07, 6.45) is 8.96. The molecule has 0 bridgehead atoms. The van der Waals surface area contributed by atoms with Gasteiger partial charge in [-0.05, 0) is 25.8 Å². The summed E-state index contributed by atoms with van der Waals surface area (Å²) in [5.74, 6) is -1.08. The van der Waals surface area contributed by atoms with E-state index >= 15 is 0 Å². The van der Waals surface area contributed by atoms with Gasteiger partial charge in [0.2, 0.25) is 0 Å². The van der Waals surface area contributed by atoms with E-state index in [1.165, 1.54) is 0 Å². The van der Waals surface area contributed by atoms with Crippen molar-refractivity contribution in [3.63, 3.8) is 0 Å². The normalized spacial score (nSPS) is 12.5. The Morgan fingerprint density at radius 2 is 2.26 bits per heavy atom. The van der Waals surface area contributed by atoms with Crippen LogP contribution in [0.4, 0.5) is 0 Å². The molecule has 108 valence electrons. The van der Waals surface area contributed by atoms with Crippen LogP contribution in [-0.2, 0) is 17.8 Å². The van der Waals surface area contributed by atoms with E-state index in [2.05, 4.69) is 11.9 Å². The van der Waals surface area contributed by atoms with Crippen LogP contribution in [0.15, 0.2) is 12.5 Å². The molecule has 1 aromatic rings. The highest BCUT2D eigenvalue weighted by Crippen LogP contribution is 2.15. The third-order valence-corrected chi connectivity index (χ3v) is 3.27. The summed E-state index contributed by atoms with van der Waals surface area (Å²) in [6, 6.07) is 0. The molecule has 0 saturated carbocycles. The van der Waals surface area contributed by atoms with Crippen LogP contribution >= 0.6 is 0 Å². The molecule has 1 aromatic heterocycles. The zero-order valence-corrected chi connectivity index (χ0v) is 11.7. The molecule has 1 unspecified atom stereocenters. The number of carbonyl (C=O) groups is 1. The Morgan fingerprint density at radius 3 is 2.89 bits per heavy atom. The Labute approximate surface area is 114 Å². The van der Waals surface area contributed by atoms with Gasteiger partial charge in [-0.3, -0.25) is 4.79 Å². The van der Waals surface area contributed by atoms with Gasteiger partial charge in [0.15, 0.2) is 0 Å². The Morgan fingerprint density at radius 1 is 1.47 bits per heavy atom. The van der Waals surface area contributed by atoms with Gasteiger partial charge in [0.25, 0.3) is 0 Å². The number of aromatic nitrogens is 2. The number of carboxylic acid groups (broad SMARTS) is 1. The molecule has 0 amide bonds. The lowest BCUT2D eigenvalue weighted by molar-refractivity contribution is -0.142. The smallest absolute Gasteiger partial charge is 0.306 e. The summed E-state index contributed by atoms with van der Waals surface area (Å²) in [6.45, 7) is 3.72. The minimum atomic E-state index is -0.736. The molecule has 0 aliphatic carbocycles. The van der Waals surface area contributed by atoms with Gasteiger partial charge in [-0.2, -0.15) is 0 Å². The van der Waals surface area contributed by atoms with Crippen LogP contribution in [0.25, 0.3) is 0 Å². The van der Waals surface area contributed by atoms with E-state index in [0.717, 1.165) is 37.9 Å². The van der Waals surface area contributed by atoms with Crippen LogP contribution in [0.1, 0.15) is 44.7 Å². The molecule has 1 rings (SSSR count). The Bertz CT molecular complexity index is 377. The number of rotatable bonds is 10. The first-order chi connectivity index (χ1) is 9.17. The maximum atomic E-state index is 11.2. The Balaban J connectivity index is 2.48. The summed E-state index contributed by atoms with van der Waals surface area (Å²) in [5.41, 5.74) is 6.30. The van der Waals surface area contributed by atoms with Crippen LogP contribution < -0.4 is 5.73 Å². The molecule has 5 nitrogen and oxygen atoms in total. The number of hydrogen-bond donors (Lipinski definition) is 2. The van der Waals surface area contributed by atoms with Gasteiger partial charge in [-0.15, -0.1) is 0 Å². The largest absolute Gasteiger partial charge is 0.481 e. The van der Waals surface area contributed by atoms with Gasteiger partial charge in [0, 0.05) is 19.2 Å². The number of nitrogens with zero attached hydrogens (tertiary/aromatic N) is 2. The highest BCUT2D eigenvalue weighted by molar-refractivity contribution is 5.70. The van der Waals surface area contributed by atoms with Gasteiger partial charge in [0.1, 0.15) is 0 Å². The SMILES string of the molecule is CCCCn1cnc(CC(CCCCN)C(=O)O)c1. The molecule has 0 aliphatic heterocycles. The minimum Gasteiger partial charge on any atom is -0.481 e. The van der Waals surface area contributed by atoms with Gasteiger partial charge in [-0.25, -0.2) is 4.98 Å². The number of aliphatic carboxylic acids is 1. The van der Waals surface area contributed by atoms with Crippen LogP contribution in [0.3, 0.4) is 0 Å². The lowest BCUT2D eigenvalue weighted by Gasteiger charge is -2.10. The fraction of sp³-hybridized carbons (Fsp3) is 0.714. The fourth-order valence-corrected chi connectivity index (χ4v) is 2.08. The molecule has 0 aromatic carbocycles. The first-order valence-electron chi connectivity index (χ1n) is 7.10. The molecule has 19 heavy (non-hydrogen) atoms. The van der Waals surface area contributed by atoms with Gasteiger partial charge < -0.3 is 15.4 Å². The second-order valence-corrected chi connectivity index (χ2v) is 4.98. The molecule has 1 atom stereocenters. The van der Waals surface area contributed by atoms with Gasteiger partial charge in [0.05, 0.1) is 17.9 Å². The predicted octanol–water partition coefficient (Wildman–Crippen LogP) is 2.06. The standard InChI is InChI=1S/C14H25N3O2/c1-2-3-8-17-10-13(16-11-17)9-12(14(18)19)6-4-5-7-15/h10-12H,2-9,15H2,1H3,(H,18,19). The van der Waals surface area contributed by atoms with Crippen LogP contribution in [0.5, 0.6) is 0 Å². The van der Waals surface area contributed by atoms with Crippen molar-refractivity contribution in [3.05, 3.63) is 18.2 Å². The van der Waals surface area contributed by atoms with E-state index in [1.54, 1.807) is 6.33 Å². The molecule has 0 fully saturated rings. The minimum absolute atomic E-state index is 0.346. The monoisotopic (exact) mass is 267 g/mol. The van der Waals surface area contributed by atoms with E-state index < -0.39 is 5.97 Å². The summed E-state index contributed by atoms with van der Waals surface area (Å²) in [4.78, 5) is 15.5. The highest BCUT2D eigenvalue weighted by Gasteiger charge is 2.18. The predicted molar refractivity (Wildman–Crippen MR) is 74.9 cm³/mol. The van der Waals surface area contributed by atoms with Crippen molar-refractivity contribution in [1.29, 1.82) is 0 Å². The summed E-state index contributed by atoms with van der Waals surface area (Å²) >= 11 is 0. The molecule has 1 heterocycles. The van der Waals surface area contributed by atoms with Crippen LogP contribution in [-0.4, -0.2) is 27.2 Å². The van der Waals surface area contributed by atoms with Crippen molar-refractivity contribution in [2.24, 2.45) is 11.7 Å². The number of nitrogens with two attached hydrogens (primary N) is 1. The quantitative estimate of drug-likeness (QED) is 0.636. The summed E-state index contributed by atoms with van der Waals surface area (Å²) in [7, 11) is 0. The van der Waals surface area contributed by atoms with E-state index in [9.17, 15) is 9.90 Å². The Kier molecular flexibility index (Phi) is 7.18. The first-order valence-corrected chi connectivity index (χ1v) is 7.10. The second-order valence-electron chi connectivity index (χ2n) is 4.98. The average molecular weight is 267 g/mol. The topological polar surface area (TPSA) is 81.1 Å². The average Bonchev–Trinajstić information content (AvgIpc) is 2.83. The molecule has 5 heteroatoms. The number of carboxylic acids is 1. The maximum Gasteiger partial charge on any atom is 0.306 e. The maximum absolute atomic E-state index is 11.2. The zero-order valence-electron chi connectivity index (χ0n) is 11.7. The lowest BCUT2D eigenvalue weighted by Crippen LogP contribution is -2.17. The number of unbranched alkanes of at least 4 members (excludes halogenated alkanes) is 2. The Hall–Kier alpha value is -1.36. The number of hydrogen-bond acceptors (Lipinski definition) is 3. The molecule has 0 aliphatic rings. The van der Waals surface area contributed by atoms with Crippen molar-refractivity contribution < 1.29 is 9.90 Å². The molecule has 0 saturated heterocycles. The van der Waals surface area contributed by atoms with Crippen LogP contribution in [0.2, 0.25) is 0 Å². The van der Waals surface area contributed by atoms with Crippen molar-refractivity contribution in [1.82, 2.24) is 9.55 Å². The molecule has 0 radical (unpaired) electrons. The van der Waals surface area contributed by atoms with E-state index in [1.807, 2.05) is 10.8 Å². The van der Waals surface area contributed by atoms with Crippen molar-refractivity contribution in [2.45, 2.75) is 52.0 Å². The van der Waals surface area contributed by atoms with E-state index in [-0.39, 0.29) is 5.92 Å². The molecular formula is C14H25N3O2. The van der Waals surface area contributed by atoms with Crippen molar-refractivity contribution in [2.75, 3.05) is 6.54 Å². The highest BCUT2D eigenvalue weighted by atomic mass is 16.4. The van der Waals surface area contributed by atoms with Crippen molar-refractivity contribution >= 4 is 5.97 Å². The molecule has 0 spiro atoms. The van der Waals surface area contributed by atoms with E-state index in [0.29, 0.717) is 19.4 Å². The molecular weight excluding hydrogens is 242 g/mol. The third-order valence-electron chi connectivity index (χ3n) is 3.27. The zero-order chi connectivity index (χ0) is 14.1.